The lowest BCUT2D eigenvalue weighted by Crippen LogP contribution is -2.30. The van der Waals surface area contributed by atoms with E-state index < -0.39 is 0 Å². The molecule has 0 N–H and O–H groups in total. The van der Waals surface area contributed by atoms with Crippen LogP contribution in [0.2, 0.25) is 0 Å². The summed E-state index contributed by atoms with van der Waals surface area (Å²) >= 11 is 1.91. The molecule has 0 saturated heterocycles. The van der Waals surface area contributed by atoms with Crippen molar-refractivity contribution < 1.29 is 0 Å². The van der Waals surface area contributed by atoms with Crippen LogP contribution in [0.15, 0.2) is 224 Å². The van der Waals surface area contributed by atoms with E-state index in [1.165, 1.54) is 75.3 Å². The van der Waals surface area contributed by atoms with Gasteiger partial charge in [-0.25, -0.2) is 0 Å². The minimum atomic E-state index is 0.180. The fraction of sp³-hybridized carbons (Fsp3) is 0.0357. The first-order valence-corrected chi connectivity index (χ1v) is 21.2. The molecule has 9 aromatic carbocycles. The maximum absolute atomic E-state index is 2.55. The van der Waals surface area contributed by atoms with E-state index in [9.17, 15) is 0 Å². The van der Waals surface area contributed by atoms with Gasteiger partial charge in [0.1, 0.15) is 0 Å². The minimum absolute atomic E-state index is 0.180. The van der Waals surface area contributed by atoms with Crippen LogP contribution in [0.3, 0.4) is 0 Å². The molecule has 280 valence electrons. The van der Waals surface area contributed by atoms with Gasteiger partial charge in [-0.15, -0.1) is 11.3 Å². The number of fused-ring (bicyclic) bond motifs is 8. The molecule has 1 aliphatic carbocycles. The van der Waals surface area contributed by atoms with Crippen LogP contribution >= 0.6 is 11.3 Å². The van der Waals surface area contributed by atoms with E-state index in [1.807, 2.05) is 11.3 Å². The van der Waals surface area contributed by atoms with Gasteiger partial charge in [-0.05, 0) is 82.2 Å². The molecule has 0 saturated carbocycles. The molecule has 0 bridgehead atoms. The summed E-state index contributed by atoms with van der Waals surface area (Å²) in [5.41, 5.74) is 10.6. The number of allylic oxidation sites excluding steroid dienone is 2. The second kappa shape index (κ2) is 14.9. The van der Waals surface area contributed by atoms with E-state index in [1.54, 1.807) is 0 Å². The van der Waals surface area contributed by atoms with Crippen molar-refractivity contribution in [2.24, 2.45) is 0 Å². The lowest BCUT2D eigenvalue weighted by molar-refractivity contribution is 0.786. The average molecular weight is 773 g/mol. The molecule has 0 fully saturated rings. The van der Waals surface area contributed by atoms with Crippen LogP contribution in [0, 0.1) is 0 Å². The summed E-state index contributed by atoms with van der Waals surface area (Å²) < 4.78 is 2.60. The number of thiophene rings is 1. The van der Waals surface area contributed by atoms with Crippen LogP contribution in [0.4, 0.5) is 28.4 Å². The van der Waals surface area contributed by atoms with E-state index in [4.69, 9.17) is 0 Å². The number of benzene rings is 9. The number of anilines is 5. The van der Waals surface area contributed by atoms with Crippen LogP contribution in [-0.4, -0.2) is 6.04 Å². The van der Waals surface area contributed by atoms with Crippen molar-refractivity contribution in [3.05, 3.63) is 224 Å². The highest BCUT2D eigenvalue weighted by molar-refractivity contribution is 7.27. The lowest BCUT2D eigenvalue weighted by Gasteiger charge is -2.34. The van der Waals surface area contributed by atoms with Crippen LogP contribution in [0.25, 0.3) is 64.0 Å². The highest BCUT2D eigenvalue weighted by Gasteiger charge is 2.24. The van der Waals surface area contributed by atoms with Crippen LogP contribution in [0.1, 0.15) is 6.42 Å². The molecule has 11 rings (SSSR count). The first-order valence-electron chi connectivity index (χ1n) is 20.4. The van der Waals surface area contributed by atoms with E-state index in [2.05, 4.69) is 234 Å². The molecule has 1 atom stereocenters. The van der Waals surface area contributed by atoms with Gasteiger partial charge in [-0.2, -0.15) is 0 Å². The summed E-state index contributed by atoms with van der Waals surface area (Å²) in [6.07, 6.45) is 9.92. The van der Waals surface area contributed by atoms with E-state index >= 15 is 0 Å². The summed E-state index contributed by atoms with van der Waals surface area (Å²) in [7, 11) is 0. The number of rotatable bonds is 8. The summed E-state index contributed by atoms with van der Waals surface area (Å²) in [5.74, 6) is 0. The second-order valence-electron chi connectivity index (χ2n) is 15.2. The maximum atomic E-state index is 2.55. The molecule has 0 amide bonds. The van der Waals surface area contributed by atoms with Gasteiger partial charge in [-0.1, -0.05) is 176 Å². The number of hydrogen-bond donors (Lipinski definition) is 0. The van der Waals surface area contributed by atoms with Gasteiger partial charge in [0.15, 0.2) is 0 Å². The standard InChI is InChI=1S/C56H40N2S/c1-5-19-39(20-6-1)45-27-15-17-31-52(45)57(41-23-9-3-10-24-41)43-33-35-49-51(37-43)47-29-13-14-30-48(47)55-50-36-34-44(38-54(50)59-56(49)55)58(42-25-11-4-12-26-42)53-32-18-16-28-46(53)40-21-7-2-8-22-40/h1-23,25-38,41H,24H2. The summed E-state index contributed by atoms with van der Waals surface area (Å²) in [6.45, 7) is 0. The zero-order chi connectivity index (χ0) is 39.1. The van der Waals surface area contributed by atoms with Gasteiger partial charge in [0, 0.05) is 59.4 Å². The van der Waals surface area contributed by atoms with Crippen molar-refractivity contribution in [2.45, 2.75) is 12.5 Å². The van der Waals surface area contributed by atoms with Crippen LogP contribution in [-0.2, 0) is 0 Å². The van der Waals surface area contributed by atoms with Crippen molar-refractivity contribution in [1.29, 1.82) is 0 Å². The Labute approximate surface area is 348 Å². The molecule has 0 aliphatic heterocycles. The Kier molecular flexibility index (Phi) is 8.87. The SMILES string of the molecule is C1=CCC(N(c2ccc3c(c2)c2ccccc2c2c4ccc(N(c5ccccc5)c5ccccc5-c5ccccc5)cc4sc32)c2ccccc2-c2ccccc2)C=C1. The molecule has 2 nitrogen and oxygen atoms in total. The summed E-state index contributed by atoms with van der Waals surface area (Å²) in [6, 6.07) is 73.2. The minimum Gasteiger partial charge on any atom is -0.334 e. The highest BCUT2D eigenvalue weighted by Crippen LogP contribution is 2.48. The molecule has 1 aromatic heterocycles. The summed E-state index contributed by atoms with van der Waals surface area (Å²) in [5, 5.41) is 7.75. The fourth-order valence-electron chi connectivity index (χ4n) is 9.07. The van der Waals surface area contributed by atoms with Gasteiger partial charge < -0.3 is 9.80 Å². The predicted octanol–water partition coefficient (Wildman–Crippen LogP) is 16.2. The van der Waals surface area contributed by atoms with Crippen LogP contribution < -0.4 is 9.80 Å². The van der Waals surface area contributed by atoms with Crippen molar-refractivity contribution in [1.82, 2.24) is 0 Å². The first-order chi connectivity index (χ1) is 29.3. The van der Waals surface area contributed by atoms with Gasteiger partial charge in [0.05, 0.1) is 11.7 Å². The van der Waals surface area contributed by atoms with Gasteiger partial charge in [0.25, 0.3) is 0 Å². The Morgan fingerprint density at radius 3 is 1.73 bits per heavy atom. The molecule has 10 aromatic rings. The molecular weight excluding hydrogens is 733 g/mol. The van der Waals surface area contributed by atoms with Crippen molar-refractivity contribution in [2.75, 3.05) is 9.80 Å². The Hall–Kier alpha value is -7.20. The Morgan fingerprint density at radius 1 is 0.424 bits per heavy atom. The Morgan fingerprint density at radius 2 is 1.02 bits per heavy atom. The van der Waals surface area contributed by atoms with Gasteiger partial charge >= 0.3 is 0 Å². The molecular formula is C56H40N2S. The molecule has 3 heteroatoms. The van der Waals surface area contributed by atoms with E-state index in [0.717, 1.165) is 23.5 Å². The number of hydrogen-bond acceptors (Lipinski definition) is 3. The van der Waals surface area contributed by atoms with Crippen molar-refractivity contribution in [3.63, 3.8) is 0 Å². The monoisotopic (exact) mass is 772 g/mol. The predicted molar refractivity (Wildman–Crippen MR) is 255 cm³/mol. The van der Waals surface area contributed by atoms with Crippen molar-refractivity contribution >= 4 is 81.5 Å². The normalized spacial score (nSPS) is 13.7. The second-order valence-corrected chi connectivity index (χ2v) is 16.2. The van der Waals surface area contributed by atoms with E-state index in [-0.39, 0.29) is 6.04 Å². The quantitative estimate of drug-likeness (QED) is 0.142. The molecule has 0 radical (unpaired) electrons. The van der Waals surface area contributed by atoms with Gasteiger partial charge in [0.2, 0.25) is 0 Å². The molecule has 1 unspecified atom stereocenters. The molecule has 59 heavy (non-hydrogen) atoms. The first kappa shape index (κ1) is 35.0. The average Bonchev–Trinajstić information content (AvgIpc) is 3.70. The zero-order valence-corrected chi connectivity index (χ0v) is 33.3. The summed E-state index contributed by atoms with van der Waals surface area (Å²) in [4.78, 5) is 4.95. The fourth-order valence-corrected chi connectivity index (χ4v) is 10.4. The smallest absolute Gasteiger partial charge is 0.0560 e. The van der Waals surface area contributed by atoms with E-state index in [0.29, 0.717) is 0 Å². The lowest BCUT2D eigenvalue weighted by atomic mass is 9.95. The van der Waals surface area contributed by atoms with Crippen LogP contribution in [0.5, 0.6) is 0 Å². The highest BCUT2D eigenvalue weighted by atomic mass is 32.1. The number of nitrogens with zero attached hydrogens (tertiary/aromatic N) is 2. The topological polar surface area (TPSA) is 6.48 Å². The third-order valence-corrected chi connectivity index (χ3v) is 12.9. The molecule has 1 aliphatic rings. The third-order valence-electron chi connectivity index (χ3n) is 11.7. The van der Waals surface area contributed by atoms with Crippen molar-refractivity contribution in [3.8, 4) is 22.3 Å². The maximum Gasteiger partial charge on any atom is 0.0560 e. The molecule has 1 heterocycles. The Bertz CT molecular complexity index is 3200. The molecule has 0 spiro atoms. The zero-order valence-electron chi connectivity index (χ0n) is 32.4. The largest absolute Gasteiger partial charge is 0.334 e. The van der Waals surface area contributed by atoms with Gasteiger partial charge in [-0.3, -0.25) is 0 Å². The Balaban J connectivity index is 1.11. The number of para-hydroxylation sites is 3. The third kappa shape index (κ3) is 6.19.